The van der Waals surface area contributed by atoms with Gasteiger partial charge in [-0.2, -0.15) is 0 Å². The Morgan fingerprint density at radius 2 is 1.81 bits per heavy atom. The lowest BCUT2D eigenvalue weighted by Gasteiger charge is -2.29. The van der Waals surface area contributed by atoms with Gasteiger partial charge in [0.15, 0.2) is 5.96 Å². The number of para-hydroxylation sites is 1. The molecule has 170 valence electrons. The molecule has 0 fully saturated rings. The summed E-state index contributed by atoms with van der Waals surface area (Å²) in [4.78, 5) is 23.1. The lowest BCUT2D eigenvalue weighted by molar-refractivity contribution is 0.0474. The first-order valence-electron chi connectivity index (χ1n) is 10.4. The maximum Gasteiger partial charge on any atom is 0.408 e. The normalized spacial score (nSPS) is 12.5. The Bertz CT molecular complexity index is 931. The Labute approximate surface area is 185 Å². The van der Waals surface area contributed by atoms with Gasteiger partial charge >= 0.3 is 6.09 Å². The number of pyridine rings is 1. The Hall–Kier alpha value is -3.03. The summed E-state index contributed by atoms with van der Waals surface area (Å²) >= 11 is 0. The van der Waals surface area contributed by atoms with E-state index in [4.69, 9.17) is 9.72 Å². The minimum absolute atomic E-state index is 0.443. The van der Waals surface area contributed by atoms with Gasteiger partial charge in [-0.15, -0.1) is 0 Å². The van der Waals surface area contributed by atoms with Gasteiger partial charge in [-0.3, -0.25) is 4.99 Å². The monoisotopic (exact) mass is 428 g/mol. The van der Waals surface area contributed by atoms with E-state index in [0.717, 1.165) is 22.3 Å². The molecule has 1 aromatic heterocycles. The summed E-state index contributed by atoms with van der Waals surface area (Å²) in [6.45, 7) is 10.4. The van der Waals surface area contributed by atoms with Crippen molar-refractivity contribution in [2.45, 2.75) is 52.3 Å². The van der Waals surface area contributed by atoms with Crippen LogP contribution < -0.4 is 20.9 Å². The SMILES string of the molecule is CN=C(NCc1cc(N(C)C)nc2ccccc12)NCC(C)(C)NC(=O)OC(C)(C)C. The number of carbonyl (C=O) groups excluding carboxylic acids is 1. The lowest BCUT2D eigenvalue weighted by Crippen LogP contribution is -2.54. The van der Waals surface area contributed by atoms with Gasteiger partial charge in [0.05, 0.1) is 11.1 Å². The van der Waals surface area contributed by atoms with E-state index in [1.54, 1.807) is 7.05 Å². The second-order valence-electron chi connectivity index (χ2n) is 9.34. The maximum absolute atomic E-state index is 12.1. The van der Waals surface area contributed by atoms with Crippen molar-refractivity contribution in [2.75, 3.05) is 32.6 Å². The van der Waals surface area contributed by atoms with Crippen molar-refractivity contribution < 1.29 is 9.53 Å². The molecule has 2 aromatic rings. The molecule has 0 bridgehead atoms. The van der Waals surface area contributed by atoms with E-state index >= 15 is 0 Å². The molecule has 8 heteroatoms. The quantitative estimate of drug-likeness (QED) is 0.483. The van der Waals surface area contributed by atoms with E-state index in [1.807, 2.05) is 71.8 Å². The summed E-state index contributed by atoms with van der Waals surface area (Å²) in [6.07, 6.45) is -0.443. The highest BCUT2D eigenvalue weighted by molar-refractivity contribution is 5.85. The van der Waals surface area contributed by atoms with Gasteiger partial charge < -0.3 is 25.6 Å². The van der Waals surface area contributed by atoms with Gasteiger partial charge in [-0.05, 0) is 52.3 Å². The number of carbonyl (C=O) groups is 1. The van der Waals surface area contributed by atoms with Crippen LogP contribution in [0.2, 0.25) is 0 Å². The summed E-state index contributed by atoms with van der Waals surface area (Å²) in [5, 5.41) is 10.6. The Morgan fingerprint density at radius 3 is 2.42 bits per heavy atom. The fourth-order valence-electron chi connectivity index (χ4n) is 2.94. The summed E-state index contributed by atoms with van der Waals surface area (Å²) in [5.74, 6) is 1.55. The average Bonchev–Trinajstić information content (AvgIpc) is 2.65. The maximum atomic E-state index is 12.1. The van der Waals surface area contributed by atoms with Crippen LogP contribution in [0.4, 0.5) is 10.6 Å². The number of amides is 1. The van der Waals surface area contributed by atoms with E-state index in [9.17, 15) is 4.79 Å². The van der Waals surface area contributed by atoms with Crippen molar-refractivity contribution in [3.63, 3.8) is 0 Å². The van der Waals surface area contributed by atoms with E-state index < -0.39 is 17.2 Å². The Morgan fingerprint density at radius 1 is 1.13 bits per heavy atom. The van der Waals surface area contributed by atoms with E-state index in [1.165, 1.54) is 0 Å². The third-order valence-corrected chi connectivity index (χ3v) is 4.45. The fourth-order valence-corrected chi connectivity index (χ4v) is 2.94. The van der Waals surface area contributed by atoms with Crippen molar-refractivity contribution in [1.82, 2.24) is 20.9 Å². The van der Waals surface area contributed by atoms with Gasteiger partial charge in [-0.1, -0.05) is 18.2 Å². The topological polar surface area (TPSA) is 90.9 Å². The van der Waals surface area contributed by atoms with Gasteiger partial charge in [-0.25, -0.2) is 9.78 Å². The van der Waals surface area contributed by atoms with Crippen molar-refractivity contribution in [2.24, 2.45) is 4.99 Å². The zero-order chi connectivity index (χ0) is 23.2. The van der Waals surface area contributed by atoms with Crippen LogP contribution in [0.1, 0.15) is 40.2 Å². The molecule has 1 amide bonds. The molecule has 8 nitrogen and oxygen atoms in total. The number of nitrogens with zero attached hydrogens (tertiary/aromatic N) is 3. The van der Waals surface area contributed by atoms with E-state index in [0.29, 0.717) is 19.0 Å². The first kappa shape index (κ1) is 24.2. The van der Waals surface area contributed by atoms with Gasteiger partial charge in [0.25, 0.3) is 0 Å². The zero-order valence-corrected chi connectivity index (χ0v) is 20.0. The molecule has 31 heavy (non-hydrogen) atoms. The molecular weight excluding hydrogens is 392 g/mol. The molecule has 0 aliphatic heterocycles. The lowest BCUT2D eigenvalue weighted by atomic mass is 10.1. The number of aliphatic imine (C=N–C) groups is 1. The molecule has 0 aliphatic carbocycles. The summed E-state index contributed by atoms with van der Waals surface area (Å²) in [5.41, 5.74) is 1.02. The first-order chi connectivity index (χ1) is 14.4. The third kappa shape index (κ3) is 7.62. The van der Waals surface area contributed by atoms with Crippen LogP contribution in [0.15, 0.2) is 35.3 Å². The van der Waals surface area contributed by atoms with E-state index in [-0.39, 0.29) is 0 Å². The van der Waals surface area contributed by atoms with Gasteiger partial charge in [0.1, 0.15) is 11.4 Å². The number of guanidine groups is 1. The van der Waals surface area contributed by atoms with Crippen LogP contribution in [0.3, 0.4) is 0 Å². The highest BCUT2D eigenvalue weighted by Gasteiger charge is 2.24. The number of nitrogens with one attached hydrogen (secondary N) is 3. The molecule has 0 atom stereocenters. The van der Waals surface area contributed by atoms with E-state index in [2.05, 4.69) is 33.1 Å². The number of fused-ring (bicyclic) bond motifs is 1. The molecule has 2 rings (SSSR count). The summed E-state index contributed by atoms with van der Waals surface area (Å²) < 4.78 is 5.35. The number of rotatable bonds is 6. The number of alkyl carbamates (subject to hydrolysis) is 1. The van der Waals surface area contributed by atoms with Gasteiger partial charge in [0, 0.05) is 39.6 Å². The molecule has 0 aliphatic rings. The van der Waals surface area contributed by atoms with Crippen molar-refractivity contribution in [1.29, 1.82) is 0 Å². The number of aromatic nitrogens is 1. The largest absolute Gasteiger partial charge is 0.444 e. The molecule has 0 unspecified atom stereocenters. The van der Waals surface area contributed by atoms with Crippen LogP contribution in [-0.2, 0) is 11.3 Å². The Kier molecular flexibility index (Phi) is 7.70. The van der Waals surface area contributed by atoms with Crippen molar-refractivity contribution in [3.8, 4) is 0 Å². The summed E-state index contributed by atoms with van der Waals surface area (Å²) in [6, 6.07) is 10.2. The van der Waals surface area contributed by atoms with Crippen molar-refractivity contribution >= 4 is 28.8 Å². The molecule has 0 saturated heterocycles. The third-order valence-electron chi connectivity index (χ3n) is 4.45. The molecule has 1 heterocycles. The minimum Gasteiger partial charge on any atom is -0.444 e. The first-order valence-corrected chi connectivity index (χ1v) is 10.4. The van der Waals surface area contributed by atoms with Crippen LogP contribution in [0.25, 0.3) is 10.9 Å². The fraction of sp³-hybridized carbons (Fsp3) is 0.522. The molecule has 0 saturated carbocycles. The second-order valence-corrected chi connectivity index (χ2v) is 9.34. The number of anilines is 1. The predicted molar refractivity (Wildman–Crippen MR) is 128 cm³/mol. The number of benzene rings is 1. The van der Waals surface area contributed by atoms with Crippen molar-refractivity contribution in [3.05, 3.63) is 35.9 Å². The smallest absolute Gasteiger partial charge is 0.408 e. The predicted octanol–water partition coefficient (Wildman–Crippen LogP) is 3.27. The molecule has 0 radical (unpaired) electrons. The highest BCUT2D eigenvalue weighted by atomic mass is 16.6. The minimum atomic E-state index is -0.538. The summed E-state index contributed by atoms with van der Waals surface area (Å²) in [7, 11) is 5.68. The van der Waals surface area contributed by atoms with Crippen LogP contribution in [-0.4, -0.2) is 55.9 Å². The molecular formula is C23H36N6O2. The van der Waals surface area contributed by atoms with Crippen LogP contribution in [0, 0.1) is 0 Å². The number of hydrogen-bond acceptors (Lipinski definition) is 5. The number of hydrogen-bond donors (Lipinski definition) is 3. The average molecular weight is 429 g/mol. The second kappa shape index (κ2) is 9.85. The van der Waals surface area contributed by atoms with Crippen LogP contribution >= 0.6 is 0 Å². The zero-order valence-electron chi connectivity index (χ0n) is 20.0. The van der Waals surface area contributed by atoms with Crippen LogP contribution in [0.5, 0.6) is 0 Å². The number of ether oxygens (including phenoxy) is 1. The molecule has 1 aromatic carbocycles. The van der Waals surface area contributed by atoms with Gasteiger partial charge in [0.2, 0.25) is 0 Å². The molecule has 3 N–H and O–H groups in total. The molecule has 0 spiro atoms. The Balaban J connectivity index is 2.02. The standard InChI is InChI=1S/C23H36N6O2/c1-22(2,3)31-21(30)28-23(4,5)15-26-20(24-6)25-14-16-13-19(29(7)8)27-18-12-10-9-11-17(16)18/h9-13H,14-15H2,1-8H3,(H,28,30)(H2,24,25,26). The highest BCUT2D eigenvalue weighted by Crippen LogP contribution is 2.22.